The van der Waals surface area contributed by atoms with Gasteiger partial charge >= 0.3 is 5.90 Å². The summed E-state index contributed by atoms with van der Waals surface area (Å²) in [7, 11) is 0. The third kappa shape index (κ3) is 2.36. The van der Waals surface area contributed by atoms with Crippen molar-refractivity contribution in [1.29, 1.82) is 0 Å². The fourth-order valence-electron chi connectivity index (χ4n) is 1.41. The molecule has 0 saturated carbocycles. The van der Waals surface area contributed by atoms with Gasteiger partial charge in [0.2, 0.25) is 5.54 Å². The maximum absolute atomic E-state index is 11.6. The molecule has 0 amide bonds. The predicted molar refractivity (Wildman–Crippen MR) is 52.8 cm³/mol. The van der Waals surface area contributed by atoms with Crippen molar-refractivity contribution in [2.75, 3.05) is 6.61 Å². The van der Waals surface area contributed by atoms with Gasteiger partial charge in [-0.2, -0.15) is 4.74 Å². The molecule has 76 valence electrons. The lowest BCUT2D eigenvalue weighted by Gasteiger charge is -2.14. The molecular weight excluding hydrogens is 166 g/mol. The van der Waals surface area contributed by atoms with Crippen LogP contribution >= 0.6 is 0 Å². The van der Waals surface area contributed by atoms with Crippen molar-refractivity contribution in [1.82, 2.24) is 0 Å². The van der Waals surface area contributed by atoms with Gasteiger partial charge in [-0.05, 0) is 6.42 Å². The third-order valence-electron chi connectivity index (χ3n) is 2.36. The fourth-order valence-corrected chi connectivity index (χ4v) is 1.41. The highest BCUT2D eigenvalue weighted by Crippen LogP contribution is 2.18. The average molecular weight is 185 g/mol. The van der Waals surface area contributed by atoms with Crippen LogP contribution in [0, 0.1) is 5.21 Å². The van der Waals surface area contributed by atoms with Crippen molar-refractivity contribution < 1.29 is 9.48 Å². The molecule has 0 N–H and O–H groups in total. The minimum Gasteiger partial charge on any atom is -0.621 e. The van der Waals surface area contributed by atoms with E-state index in [4.69, 9.17) is 4.74 Å². The SMILES string of the molecule is CCCCCC1=[N+]([O-])C(C)(C)CO1. The van der Waals surface area contributed by atoms with Gasteiger partial charge in [-0.1, -0.05) is 19.8 Å². The molecule has 3 heteroatoms. The van der Waals surface area contributed by atoms with E-state index in [9.17, 15) is 5.21 Å². The molecule has 1 heterocycles. The Labute approximate surface area is 80.0 Å². The lowest BCUT2D eigenvalue weighted by atomic mass is 10.1. The first-order valence-corrected chi connectivity index (χ1v) is 5.04. The second-order valence-electron chi connectivity index (χ2n) is 4.25. The van der Waals surface area contributed by atoms with Crippen LogP contribution in [0.4, 0.5) is 0 Å². The highest BCUT2D eigenvalue weighted by atomic mass is 16.6. The van der Waals surface area contributed by atoms with Gasteiger partial charge in [-0.3, -0.25) is 0 Å². The van der Waals surface area contributed by atoms with Crippen LogP contribution in [0.15, 0.2) is 0 Å². The summed E-state index contributed by atoms with van der Waals surface area (Å²) in [5.41, 5.74) is -0.360. The molecule has 1 rings (SSSR count). The lowest BCUT2D eigenvalue weighted by molar-refractivity contribution is -0.528. The largest absolute Gasteiger partial charge is 0.621 e. The molecular formula is C10H19NO2. The zero-order valence-electron chi connectivity index (χ0n) is 8.80. The first kappa shape index (κ1) is 10.4. The van der Waals surface area contributed by atoms with Crippen molar-refractivity contribution in [2.45, 2.75) is 52.0 Å². The van der Waals surface area contributed by atoms with E-state index in [1.807, 2.05) is 13.8 Å². The summed E-state index contributed by atoms with van der Waals surface area (Å²) in [4.78, 5) is 0. The topological polar surface area (TPSA) is 35.3 Å². The van der Waals surface area contributed by atoms with Gasteiger partial charge in [0, 0.05) is 13.8 Å². The Morgan fingerprint density at radius 1 is 1.46 bits per heavy atom. The van der Waals surface area contributed by atoms with Crippen molar-refractivity contribution in [3.8, 4) is 0 Å². The van der Waals surface area contributed by atoms with Gasteiger partial charge in [-0.15, -0.1) is 0 Å². The Kier molecular flexibility index (Phi) is 3.17. The molecule has 0 radical (unpaired) electrons. The molecule has 1 aliphatic rings. The molecule has 3 nitrogen and oxygen atoms in total. The van der Waals surface area contributed by atoms with Crippen LogP contribution in [0.5, 0.6) is 0 Å². The summed E-state index contributed by atoms with van der Waals surface area (Å²) in [5.74, 6) is 0.624. The van der Waals surface area contributed by atoms with Crippen molar-refractivity contribution >= 4 is 5.90 Å². The highest BCUT2D eigenvalue weighted by molar-refractivity contribution is 5.72. The quantitative estimate of drug-likeness (QED) is 0.382. The van der Waals surface area contributed by atoms with Gasteiger partial charge in [0.05, 0.1) is 6.42 Å². The lowest BCUT2D eigenvalue weighted by Crippen LogP contribution is -2.32. The molecule has 0 aromatic heterocycles. The summed E-state index contributed by atoms with van der Waals surface area (Å²) < 4.78 is 6.39. The molecule has 0 saturated heterocycles. The standard InChI is InChI=1S/C10H19NO2/c1-4-5-6-7-9-11(12)10(2,3)8-13-9/h4-8H2,1-3H3. The summed E-state index contributed by atoms with van der Waals surface area (Å²) in [5, 5.41) is 11.6. The monoisotopic (exact) mass is 185 g/mol. The van der Waals surface area contributed by atoms with Crippen molar-refractivity contribution in [2.24, 2.45) is 0 Å². The molecule has 0 unspecified atom stereocenters. The minimum absolute atomic E-state index is 0.360. The van der Waals surface area contributed by atoms with E-state index in [2.05, 4.69) is 6.92 Å². The van der Waals surface area contributed by atoms with Crippen molar-refractivity contribution in [3.63, 3.8) is 0 Å². The van der Waals surface area contributed by atoms with Crippen molar-refractivity contribution in [3.05, 3.63) is 5.21 Å². The number of hydrogen-bond donors (Lipinski definition) is 0. The highest BCUT2D eigenvalue weighted by Gasteiger charge is 2.37. The zero-order valence-corrected chi connectivity index (χ0v) is 8.80. The number of nitrogens with zero attached hydrogens (tertiary/aromatic N) is 1. The van der Waals surface area contributed by atoms with Gasteiger partial charge in [0.15, 0.2) is 6.61 Å². The zero-order chi connectivity index (χ0) is 9.90. The molecule has 0 aromatic carbocycles. The maximum atomic E-state index is 11.6. The number of hydrogen-bond acceptors (Lipinski definition) is 2. The molecule has 0 aliphatic carbocycles. The second-order valence-corrected chi connectivity index (χ2v) is 4.25. The Balaban J connectivity index is 2.46. The van der Waals surface area contributed by atoms with Crippen LogP contribution < -0.4 is 0 Å². The molecule has 0 fully saturated rings. The summed E-state index contributed by atoms with van der Waals surface area (Å²) in [6.45, 7) is 6.50. The Hall–Kier alpha value is -0.730. The number of ether oxygens (including phenoxy) is 1. The summed E-state index contributed by atoms with van der Waals surface area (Å²) >= 11 is 0. The fraction of sp³-hybridized carbons (Fsp3) is 0.900. The number of unbranched alkanes of at least 4 members (excludes halogenated alkanes) is 2. The van der Waals surface area contributed by atoms with Gasteiger partial charge in [0.25, 0.3) is 0 Å². The first-order chi connectivity index (χ1) is 6.08. The van der Waals surface area contributed by atoms with E-state index >= 15 is 0 Å². The van der Waals surface area contributed by atoms with Crippen LogP contribution in [0.1, 0.15) is 46.5 Å². The van der Waals surface area contributed by atoms with Gasteiger partial charge in [-0.25, -0.2) is 0 Å². The smallest absolute Gasteiger partial charge is 0.348 e. The first-order valence-electron chi connectivity index (χ1n) is 5.04. The summed E-state index contributed by atoms with van der Waals surface area (Å²) in [6.07, 6.45) is 4.19. The second kappa shape index (κ2) is 3.99. The van der Waals surface area contributed by atoms with E-state index in [-0.39, 0.29) is 5.54 Å². The normalized spacial score (nSPS) is 20.5. The van der Waals surface area contributed by atoms with Gasteiger partial charge in [0.1, 0.15) is 0 Å². The number of hydroxylamine groups is 1. The Morgan fingerprint density at radius 3 is 2.62 bits per heavy atom. The Bertz CT molecular complexity index is 209. The Morgan fingerprint density at radius 2 is 2.15 bits per heavy atom. The van der Waals surface area contributed by atoms with Crippen LogP contribution in [0.2, 0.25) is 0 Å². The van der Waals surface area contributed by atoms with E-state index in [1.165, 1.54) is 12.8 Å². The third-order valence-corrected chi connectivity index (χ3v) is 2.36. The van der Waals surface area contributed by atoms with Crippen LogP contribution in [0.25, 0.3) is 0 Å². The average Bonchev–Trinajstić information content (AvgIpc) is 2.32. The predicted octanol–water partition coefficient (Wildman–Crippen LogP) is 2.28. The van der Waals surface area contributed by atoms with Crippen LogP contribution in [-0.4, -0.2) is 22.8 Å². The van der Waals surface area contributed by atoms with E-state index in [0.717, 1.165) is 17.6 Å². The minimum atomic E-state index is -0.360. The molecule has 13 heavy (non-hydrogen) atoms. The van der Waals surface area contributed by atoms with Crippen LogP contribution in [-0.2, 0) is 4.74 Å². The van der Waals surface area contributed by atoms with E-state index in [1.54, 1.807) is 0 Å². The molecule has 0 aromatic rings. The molecule has 0 atom stereocenters. The van der Waals surface area contributed by atoms with E-state index in [0.29, 0.717) is 12.5 Å². The maximum Gasteiger partial charge on any atom is 0.348 e. The molecule has 1 aliphatic heterocycles. The number of rotatable bonds is 4. The summed E-state index contributed by atoms with van der Waals surface area (Å²) in [6, 6.07) is 0. The molecule has 0 spiro atoms. The van der Waals surface area contributed by atoms with E-state index < -0.39 is 0 Å². The van der Waals surface area contributed by atoms with Crippen LogP contribution in [0.3, 0.4) is 0 Å². The van der Waals surface area contributed by atoms with Gasteiger partial charge < -0.3 is 9.94 Å². The molecule has 0 bridgehead atoms.